The summed E-state index contributed by atoms with van der Waals surface area (Å²) < 4.78 is 83.5. The first-order chi connectivity index (χ1) is 7.95. The zero-order valence-corrected chi connectivity index (χ0v) is 10.1. The van der Waals surface area contributed by atoms with Crippen LogP contribution in [0.4, 0.5) is 17.6 Å². The Morgan fingerprint density at radius 3 is 2.17 bits per heavy atom. The largest absolute Gasteiger partial charge is 0.465 e. The fraction of sp³-hybridized carbons (Fsp3) is 0.875. The Balaban J connectivity index is 4.54. The van der Waals surface area contributed by atoms with Crippen molar-refractivity contribution < 1.29 is 40.1 Å². The third-order valence-corrected chi connectivity index (χ3v) is 2.83. The number of halogens is 4. The number of esters is 1. The van der Waals surface area contributed by atoms with Crippen LogP contribution in [-0.4, -0.2) is 36.7 Å². The van der Waals surface area contributed by atoms with Gasteiger partial charge in [0, 0.05) is 6.42 Å². The summed E-state index contributed by atoms with van der Waals surface area (Å²) in [4.78, 5) is 10.8. The maximum absolute atomic E-state index is 12.9. The molecule has 0 rings (SSSR count). The van der Waals surface area contributed by atoms with E-state index >= 15 is 0 Å². The molecule has 0 aromatic rings. The maximum Gasteiger partial charge on any atom is 0.431 e. The van der Waals surface area contributed by atoms with E-state index in [1.165, 1.54) is 0 Å². The standard InChI is InChI=1S/C8H12F4O5S/c1-2-3-6(13)17-5-4-7(9,10)8(11,12)18(14,15)16/h2-5H2,1H3,(H,14,15,16). The second kappa shape index (κ2) is 5.83. The smallest absolute Gasteiger partial charge is 0.431 e. The van der Waals surface area contributed by atoms with E-state index in [0.717, 1.165) is 0 Å². The average Bonchev–Trinajstić information content (AvgIpc) is 2.15. The zero-order valence-electron chi connectivity index (χ0n) is 9.33. The van der Waals surface area contributed by atoms with Gasteiger partial charge in [-0.05, 0) is 6.42 Å². The van der Waals surface area contributed by atoms with Gasteiger partial charge in [-0.3, -0.25) is 9.35 Å². The molecule has 18 heavy (non-hydrogen) atoms. The molecule has 0 aliphatic heterocycles. The molecule has 0 unspecified atom stereocenters. The van der Waals surface area contributed by atoms with Crippen molar-refractivity contribution in [3.63, 3.8) is 0 Å². The van der Waals surface area contributed by atoms with Crippen LogP contribution >= 0.6 is 0 Å². The van der Waals surface area contributed by atoms with Gasteiger partial charge < -0.3 is 4.74 Å². The molecular formula is C8H12F4O5S. The lowest BCUT2D eigenvalue weighted by Gasteiger charge is -2.23. The molecule has 0 saturated heterocycles. The quantitative estimate of drug-likeness (QED) is 0.440. The predicted molar refractivity (Wildman–Crippen MR) is 51.9 cm³/mol. The molecule has 5 nitrogen and oxygen atoms in total. The summed E-state index contributed by atoms with van der Waals surface area (Å²) >= 11 is 0. The Labute approximate surface area is 101 Å². The van der Waals surface area contributed by atoms with Gasteiger partial charge in [-0.15, -0.1) is 0 Å². The van der Waals surface area contributed by atoms with E-state index in [9.17, 15) is 30.8 Å². The first kappa shape index (κ1) is 17.1. The highest BCUT2D eigenvalue weighted by atomic mass is 32.2. The van der Waals surface area contributed by atoms with Gasteiger partial charge in [0.05, 0.1) is 13.0 Å². The molecule has 0 atom stereocenters. The minimum Gasteiger partial charge on any atom is -0.465 e. The van der Waals surface area contributed by atoms with Crippen LogP contribution in [0.25, 0.3) is 0 Å². The van der Waals surface area contributed by atoms with Gasteiger partial charge in [-0.2, -0.15) is 26.0 Å². The van der Waals surface area contributed by atoms with Crippen molar-refractivity contribution >= 4 is 16.1 Å². The Hall–Kier alpha value is -0.900. The van der Waals surface area contributed by atoms with E-state index in [2.05, 4.69) is 4.74 Å². The zero-order chi connectivity index (χ0) is 14.6. The van der Waals surface area contributed by atoms with Crippen LogP contribution in [0.5, 0.6) is 0 Å². The minimum atomic E-state index is -6.24. The summed E-state index contributed by atoms with van der Waals surface area (Å²) in [5.41, 5.74) is 0. The monoisotopic (exact) mass is 296 g/mol. The number of alkyl halides is 4. The molecule has 108 valence electrons. The SMILES string of the molecule is CCCC(=O)OCCC(F)(F)C(F)(F)S(=O)(=O)O. The Bertz CT molecular complexity index is 392. The van der Waals surface area contributed by atoms with Gasteiger partial charge in [-0.25, -0.2) is 0 Å². The predicted octanol–water partition coefficient (Wildman–Crippen LogP) is 1.84. The van der Waals surface area contributed by atoms with Crippen LogP contribution in [0.1, 0.15) is 26.2 Å². The van der Waals surface area contributed by atoms with E-state index in [-0.39, 0.29) is 6.42 Å². The van der Waals surface area contributed by atoms with Gasteiger partial charge in [0.15, 0.2) is 0 Å². The number of hydrogen-bond donors (Lipinski definition) is 1. The van der Waals surface area contributed by atoms with Crippen molar-refractivity contribution in [3.05, 3.63) is 0 Å². The normalized spacial score (nSPS) is 13.4. The first-order valence-electron chi connectivity index (χ1n) is 4.84. The van der Waals surface area contributed by atoms with Crippen molar-refractivity contribution in [3.8, 4) is 0 Å². The van der Waals surface area contributed by atoms with Crippen LogP contribution in [-0.2, 0) is 19.6 Å². The molecular weight excluding hydrogens is 284 g/mol. The number of carbonyl (C=O) groups excluding carboxylic acids is 1. The topological polar surface area (TPSA) is 80.7 Å². The Morgan fingerprint density at radius 1 is 1.28 bits per heavy atom. The van der Waals surface area contributed by atoms with Crippen LogP contribution in [0.3, 0.4) is 0 Å². The van der Waals surface area contributed by atoms with Crippen molar-refractivity contribution in [1.82, 2.24) is 0 Å². The number of ether oxygens (including phenoxy) is 1. The highest BCUT2D eigenvalue weighted by Crippen LogP contribution is 2.40. The van der Waals surface area contributed by atoms with E-state index in [1.54, 1.807) is 6.92 Å². The lowest BCUT2D eigenvalue weighted by atomic mass is 10.2. The van der Waals surface area contributed by atoms with Crippen LogP contribution in [0, 0.1) is 0 Å². The fourth-order valence-corrected chi connectivity index (χ4v) is 1.38. The lowest BCUT2D eigenvalue weighted by molar-refractivity contribution is -0.174. The van der Waals surface area contributed by atoms with Gasteiger partial charge in [-0.1, -0.05) is 6.92 Å². The highest BCUT2D eigenvalue weighted by molar-refractivity contribution is 7.87. The molecule has 0 amide bonds. The third-order valence-electron chi connectivity index (χ3n) is 1.88. The Morgan fingerprint density at radius 2 is 1.78 bits per heavy atom. The fourth-order valence-electron chi connectivity index (χ4n) is 0.904. The van der Waals surface area contributed by atoms with E-state index < -0.39 is 40.3 Å². The molecule has 10 heteroatoms. The van der Waals surface area contributed by atoms with Gasteiger partial charge >= 0.3 is 27.3 Å². The van der Waals surface area contributed by atoms with Crippen LogP contribution in [0.2, 0.25) is 0 Å². The van der Waals surface area contributed by atoms with E-state index in [0.29, 0.717) is 6.42 Å². The van der Waals surface area contributed by atoms with Crippen LogP contribution < -0.4 is 0 Å². The molecule has 0 fully saturated rings. The summed E-state index contributed by atoms with van der Waals surface area (Å²) in [7, 11) is -6.24. The number of hydrogen-bond acceptors (Lipinski definition) is 4. The average molecular weight is 296 g/mol. The second-order valence-electron chi connectivity index (χ2n) is 3.42. The molecule has 1 N–H and O–H groups in total. The van der Waals surface area contributed by atoms with E-state index in [1.807, 2.05) is 0 Å². The molecule has 0 spiro atoms. The molecule has 0 aromatic carbocycles. The summed E-state index contributed by atoms with van der Waals surface area (Å²) in [5, 5.41) is -5.63. The van der Waals surface area contributed by atoms with Crippen molar-refractivity contribution in [1.29, 1.82) is 0 Å². The van der Waals surface area contributed by atoms with Gasteiger partial charge in [0.2, 0.25) is 0 Å². The molecule has 0 aromatic heterocycles. The summed E-state index contributed by atoms with van der Waals surface area (Å²) in [6, 6.07) is 0. The number of carbonyl (C=O) groups is 1. The summed E-state index contributed by atoms with van der Waals surface area (Å²) in [6.07, 6.45) is -1.40. The molecule has 0 aliphatic rings. The van der Waals surface area contributed by atoms with Crippen molar-refractivity contribution in [2.45, 2.75) is 37.4 Å². The maximum atomic E-state index is 12.9. The molecule has 0 bridgehead atoms. The summed E-state index contributed by atoms with van der Waals surface area (Å²) in [5.74, 6) is -5.89. The second-order valence-corrected chi connectivity index (χ2v) is 4.88. The first-order valence-corrected chi connectivity index (χ1v) is 6.28. The van der Waals surface area contributed by atoms with Crippen molar-refractivity contribution in [2.75, 3.05) is 6.61 Å². The third kappa shape index (κ3) is 4.09. The molecule has 0 saturated carbocycles. The Kier molecular flexibility index (Phi) is 5.54. The lowest BCUT2D eigenvalue weighted by Crippen LogP contribution is -2.47. The van der Waals surface area contributed by atoms with Crippen molar-refractivity contribution in [2.24, 2.45) is 0 Å². The van der Waals surface area contributed by atoms with Gasteiger partial charge in [0.1, 0.15) is 0 Å². The molecule has 0 radical (unpaired) electrons. The number of rotatable bonds is 7. The minimum absolute atomic E-state index is 0.0692. The van der Waals surface area contributed by atoms with Crippen LogP contribution in [0.15, 0.2) is 0 Å². The highest BCUT2D eigenvalue weighted by Gasteiger charge is 2.65. The van der Waals surface area contributed by atoms with Gasteiger partial charge in [0.25, 0.3) is 0 Å². The summed E-state index contributed by atoms with van der Waals surface area (Å²) in [6.45, 7) is 0.541. The van der Waals surface area contributed by atoms with E-state index in [4.69, 9.17) is 4.55 Å². The molecule has 0 heterocycles. The molecule has 0 aliphatic carbocycles.